The topological polar surface area (TPSA) is 75.9 Å². The van der Waals surface area contributed by atoms with Crippen LogP contribution in [0.2, 0.25) is 0 Å². The standard InChI is InChI=1S/C20H25N5O/c1-13(2)16-8-5-9-17(14(3)4)19(16)24-20-23-18(12-22-25-20)21-11-15-7-6-10-26-15/h5-10,12-14H,11H2,1-4H3,(H2,21,23,24,25). The predicted molar refractivity (Wildman–Crippen MR) is 104 cm³/mol. The van der Waals surface area contributed by atoms with Crippen molar-refractivity contribution in [3.8, 4) is 0 Å². The van der Waals surface area contributed by atoms with Gasteiger partial charge in [-0.15, -0.1) is 5.10 Å². The van der Waals surface area contributed by atoms with Gasteiger partial charge >= 0.3 is 0 Å². The maximum atomic E-state index is 5.32. The molecule has 2 N–H and O–H groups in total. The van der Waals surface area contributed by atoms with Crippen molar-refractivity contribution in [1.82, 2.24) is 15.2 Å². The highest BCUT2D eigenvalue weighted by molar-refractivity contribution is 5.65. The van der Waals surface area contributed by atoms with Gasteiger partial charge in [0.15, 0.2) is 5.82 Å². The number of aromatic nitrogens is 3. The fourth-order valence-electron chi connectivity index (χ4n) is 2.84. The van der Waals surface area contributed by atoms with E-state index in [0.717, 1.165) is 11.4 Å². The summed E-state index contributed by atoms with van der Waals surface area (Å²) in [5.41, 5.74) is 3.56. The molecule has 0 saturated carbocycles. The molecule has 0 aliphatic heterocycles. The minimum Gasteiger partial charge on any atom is -0.467 e. The molecule has 0 saturated heterocycles. The van der Waals surface area contributed by atoms with Gasteiger partial charge in [0.25, 0.3) is 0 Å². The lowest BCUT2D eigenvalue weighted by atomic mass is 9.93. The second-order valence-electron chi connectivity index (χ2n) is 6.84. The Bertz CT molecular complexity index is 817. The summed E-state index contributed by atoms with van der Waals surface area (Å²) in [7, 11) is 0. The Morgan fingerprint density at radius 3 is 2.35 bits per heavy atom. The van der Waals surface area contributed by atoms with Crippen LogP contribution in [0.3, 0.4) is 0 Å². The third-order valence-electron chi connectivity index (χ3n) is 4.19. The van der Waals surface area contributed by atoms with E-state index >= 15 is 0 Å². The van der Waals surface area contributed by atoms with Crippen molar-refractivity contribution >= 4 is 17.5 Å². The third-order valence-corrected chi connectivity index (χ3v) is 4.19. The van der Waals surface area contributed by atoms with Crippen molar-refractivity contribution < 1.29 is 4.42 Å². The van der Waals surface area contributed by atoms with E-state index in [-0.39, 0.29) is 0 Å². The van der Waals surface area contributed by atoms with Gasteiger partial charge in [-0.2, -0.15) is 10.1 Å². The molecular weight excluding hydrogens is 326 g/mol. The lowest BCUT2D eigenvalue weighted by Crippen LogP contribution is -2.08. The van der Waals surface area contributed by atoms with Crippen molar-refractivity contribution in [3.63, 3.8) is 0 Å². The van der Waals surface area contributed by atoms with E-state index in [1.807, 2.05) is 12.1 Å². The number of hydrogen-bond donors (Lipinski definition) is 2. The first kappa shape index (κ1) is 17.9. The summed E-state index contributed by atoms with van der Waals surface area (Å²) in [5.74, 6) is 2.75. The molecule has 136 valence electrons. The number of nitrogens with one attached hydrogen (secondary N) is 2. The van der Waals surface area contributed by atoms with Crippen LogP contribution in [0.5, 0.6) is 0 Å². The van der Waals surface area contributed by atoms with Crippen LogP contribution in [-0.4, -0.2) is 15.2 Å². The van der Waals surface area contributed by atoms with E-state index in [0.29, 0.717) is 30.1 Å². The number of hydrogen-bond acceptors (Lipinski definition) is 6. The zero-order valence-corrected chi connectivity index (χ0v) is 15.7. The van der Waals surface area contributed by atoms with Gasteiger partial charge in [0, 0.05) is 5.69 Å². The Labute approximate surface area is 154 Å². The second kappa shape index (κ2) is 7.99. The van der Waals surface area contributed by atoms with Gasteiger partial charge in [-0.25, -0.2) is 0 Å². The minimum absolute atomic E-state index is 0.393. The maximum absolute atomic E-state index is 5.32. The van der Waals surface area contributed by atoms with E-state index in [2.05, 4.69) is 71.7 Å². The molecule has 6 heteroatoms. The summed E-state index contributed by atoms with van der Waals surface area (Å²) < 4.78 is 5.32. The van der Waals surface area contributed by atoms with Crippen LogP contribution in [-0.2, 0) is 6.54 Å². The molecule has 6 nitrogen and oxygen atoms in total. The van der Waals surface area contributed by atoms with Crippen molar-refractivity contribution in [2.75, 3.05) is 10.6 Å². The maximum Gasteiger partial charge on any atom is 0.249 e. The van der Waals surface area contributed by atoms with Crippen LogP contribution in [0.15, 0.2) is 47.2 Å². The SMILES string of the molecule is CC(C)c1cccc(C(C)C)c1Nc1nncc(NCc2ccco2)n1. The van der Waals surface area contributed by atoms with Crippen molar-refractivity contribution in [1.29, 1.82) is 0 Å². The van der Waals surface area contributed by atoms with E-state index in [4.69, 9.17) is 4.42 Å². The highest BCUT2D eigenvalue weighted by Gasteiger charge is 2.15. The molecule has 0 unspecified atom stereocenters. The molecule has 0 radical (unpaired) electrons. The van der Waals surface area contributed by atoms with Crippen LogP contribution in [0, 0.1) is 0 Å². The van der Waals surface area contributed by atoms with Gasteiger partial charge in [-0.3, -0.25) is 0 Å². The van der Waals surface area contributed by atoms with E-state index in [1.54, 1.807) is 12.5 Å². The molecule has 3 aromatic rings. The molecule has 0 fully saturated rings. The fraction of sp³-hybridized carbons (Fsp3) is 0.350. The normalized spacial score (nSPS) is 11.2. The molecule has 3 rings (SSSR count). The number of benzene rings is 1. The van der Waals surface area contributed by atoms with Gasteiger partial charge in [0.05, 0.1) is 19.0 Å². The predicted octanol–water partition coefficient (Wildman–Crippen LogP) is 5.07. The van der Waals surface area contributed by atoms with Crippen LogP contribution in [0.4, 0.5) is 17.5 Å². The van der Waals surface area contributed by atoms with Crippen LogP contribution in [0.25, 0.3) is 0 Å². The lowest BCUT2D eigenvalue weighted by molar-refractivity contribution is 0.517. The zero-order valence-electron chi connectivity index (χ0n) is 15.7. The Morgan fingerprint density at radius 1 is 1.00 bits per heavy atom. The third kappa shape index (κ3) is 4.20. The van der Waals surface area contributed by atoms with Crippen LogP contribution >= 0.6 is 0 Å². The summed E-state index contributed by atoms with van der Waals surface area (Å²) in [6.07, 6.45) is 3.25. The van der Waals surface area contributed by atoms with Gasteiger partial charge in [0.2, 0.25) is 5.95 Å². The molecule has 26 heavy (non-hydrogen) atoms. The van der Waals surface area contributed by atoms with Crippen LogP contribution < -0.4 is 10.6 Å². The van der Waals surface area contributed by atoms with Gasteiger partial charge in [-0.1, -0.05) is 45.9 Å². The number of furan rings is 1. The first-order valence-electron chi connectivity index (χ1n) is 8.90. The Hall–Kier alpha value is -2.89. The highest BCUT2D eigenvalue weighted by Crippen LogP contribution is 2.33. The highest BCUT2D eigenvalue weighted by atomic mass is 16.3. The quantitative estimate of drug-likeness (QED) is 0.619. The molecule has 0 aliphatic carbocycles. The minimum atomic E-state index is 0.393. The Balaban J connectivity index is 1.83. The molecule has 1 aromatic carbocycles. The average Bonchev–Trinajstić information content (AvgIpc) is 3.13. The second-order valence-corrected chi connectivity index (χ2v) is 6.84. The lowest BCUT2D eigenvalue weighted by Gasteiger charge is -2.20. The first-order chi connectivity index (χ1) is 12.5. The van der Waals surface area contributed by atoms with Gasteiger partial charge in [0.1, 0.15) is 5.76 Å². The van der Waals surface area contributed by atoms with Crippen LogP contribution in [0.1, 0.15) is 56.4 Å². The largest absolute Gasteiger partial charge is 0.467 e. The first-order valence-corrected chi connectivity index (χ1v) is 8.90. The molecule has 0 aliphatic rings. The van der Waals surface area contributed by atoms with Gasteiger partial charge < -0.3 is 15.1 Å². The number of nitrogens with zero attached hydrogens (tertiary/aromatic N) is 3. The van der Waals surface area contributed by atoms with Crippen molar-refractivity contribution in [3.05, 3.63) is 59.7 Å². The summed E-state index contributed by atoms with van der Waals surface area (Å²) in [6, 6.07) is 10.2. The van der Waals surface area contributed by atoms with Crippen molar-refractivity contribution in [2.24, 2.45) is 0 Å². The molecule has 0 amide bonds. The summed E-state index contributed by atoms with van der Waals surface area (Å²) in [4.78, 5) is 4.53. The summed E-state index contributed by atoms with van der Waals surface area (Å²) in [6.45, 7) is 9.29. The number of anilines is 3. The summed E-state index contributed by atoms with van der Waals surface area (Å²) in [5, 5.41) is 14.8. The zero-order chi connectivity index (χ0) is 18.5. The number of rotatable bonds is 7. The molecule has 2 aromatic heterocycles. The summed E-state index contributed by atoms with van der Waals surface area (Å²) >= 11 is 0. The molecular formula is C20H25N5O. The Kier molecular flexibility index (Phi) is 5.51. The van der Waals surface area contributed by atoms with E-state index in [9.17, 15) is 0 Å². The molecule has 0 spiro atoms. The molecule has 0 bridgehead atoms. The smallest absolute Gasteiger partial charge is 0.249 e. The monoisotopic (exact) mass is 351 g/mol. The fourth-order valence-corrected chi connectivity index (χ4v) is 2.84. The Morgan fingerprint density at radius 2 is 1.73 bits per heavy atom. The van der Waals surface area contributed by atoms with Gasteiger partial charge in [-0.05, 0) is 35.1 Å². The van der Waals surface area contributed by atoms with E-state index < -0.39 is 0 Å². The average molecular weight is 351 g/mol. The van der Waals surface area contributed by atoms with Crippen molar-refractivity contribution in [2.45, 2.75) is 46.1 Å². The van der Waals surface area contributed by atoms with E-state index in [1.165, 1.54) is 11.1 Å². The molecule has 0 atom stereocenters. The molecule has 2 heterocycles. The number of para-hydroxylation sites is 1.